The number of carbonyl (C=O) groups is 1. The summed E-state index contributed by atoms with van der Waals surface area (Å²) in [7, 11) is 0. The fourth-order valence-electron chi connectivity index (χ4n) is 5.26. The van der Waals surface area contributed by atoms with Gasteiger partial charge in [0, 0.05) is 5.92 Å². The van der Waals surface area contributed by atoms with Gasteiger partial charge in [0.15, 0.2) is 17.4 Å². The Labute approximate surface area is 168 Å². The second kappa shape index (κ2) is 9.80. The van der Waals surface area contributed by atoms with E-state index in [-0.39, 0.29) is 11.7 Å². The van der Waals surface area contributed by atoms with Crippen LogP contribution in [-0.4, -0.2) is 5.78 Å². The van der Waals surface area contributed by atoms with Gasteiger partial charge in [0.05, 0.1) is 0 Å². The maximum absolute atomic E-state index is 13.5. The lowest BCUT2D eigenvalue weighted by Gasteiger charge is -2.36. The topological polar surface area (TPSA) is 17.1 Å². The Hall–Kier alpha value is -1.51. The molecule has 2 aliphatic carbocycles. The van der Waals surface area contributed by atoms with E-state index in [4.69, 9.17) is 0 Å². The van der Waals surface area contributed by atoms with Gasteiger partial charge >= 0.3 is 0 Å². The van der Waals surface area contributed by atoms with Crippen LogP contribution in [0.1, 0.15) is 83.6 Å². The molecule has 0 heterocycles. The molecule has 3 rings (SSSR count). The first-order chi connectivity index (χ1) is 13.5. The molecule has 3 heteroatoms. The molecule has 1 saturated carbocycles. The highest BCUT2D eigenvalue weighted by Gasteiger charge is 2.34. The zero-order chi connectivity index (χ0) is 20.1. The van der Waals surface area contributed by atoms with Crippen LogP contribution >= 0.6 is 0 Å². The molecule has 1 aromatic rings. The Morgan fingerprint density at radius 3 is 2.43 bits per heavy atom. The molecule has 2 unspecified atom stereocenters. The highest BCUT2D eigenvalue weighted by molar-refractivity contribution is 6.00. The molecule has 2 aliphatic rings. The van der Waals surface area contributed by atoms with Crippen LogP contribution in [-0.2, 0) is 4.79 Å². The van der Waals surface area contributed by atoms with Crippen molar-refractivity contribution in [1.29, 1.82) is 0 Å². The van der Waals surface area contributed by atoms with Crippen molar-refractivity contribution >= 4 is 11.4 Å². The van der Waals surface area contributed by atoms with Crippen LogP contribution in [0.4, 0.5) is 8.78 Å². The minimum Gasteiger partial charge on any atom is -0.295 e. The van der Waals surface area contributed by atoms with Crippen molar-refractivity contribution in [2.45, 2.75) is 78.1 Å². The lowest BCUT2D eigenvalue weighted by molar-refractivity contribution is -0.121. The fraction of sp³-hybridized carbons (Fsp3) is 0.640. The van der Waals surface area contributed by atoms with Crippen molar-refractivity contribution in [3.8, 4) is 0 Å². The van der Waals surface area contributed by atoms with E-state index < -0.39 is 11.6 Å². The Kier molecular flexibility index (Phi) is 7.42. The molecule has 2 atom stereocenters. The normalized spacial score (nSPS) is 26.8. The minimum atomic E-state index is -0.850. The number of ketones is 1. The zero-order valence-electron chi connectivity index (χ0n) is 17.4. The fourth-order valence-corrected chi connectivity index (χ4v) is 5.26. The molecular weight excluding hydrogens is 354 g/mol. The van der Waals surface area contributed by atoms with E-state index in [1.54, 1.807) is 12.1 Å². The van der Waals surface area contributed by atoms with Gasteiger partial charge in [-0.3, -0.25) is 4.79 Å². The van der Waals surface area contributed by atoms with E-state index >= 15 is 0 Å². The van der Waals surface area contributed by atoms with E-state index in [1.807, 2.05) is 0 Å². The van der Waals surface area contributed by atoms with Crippen molar-refractivity contribution < 1.29 is 13.6 Å². The summed E-state index contributed by atoms with van der Waals surface area (Å²) in [5, 5.41) is 0. The van der Waals surface area contributed by atoms with Crippen molar-refractivity contribution in [2.75, 3.05) is 0 Å². The molecule has 154 valence electrons. The number of carbonyl (C=O) groups excluding carboxylic acids is 1. The van der Waals surface area contributed by atoms with Crippen LogP contribution in [0.15, 0.2) is 24.3 Å². The van der Waals surface area contributed by atoms with Crippen LogP contribution in [0.2, 0.25) is 0 Å². The van der Waals surface area contributed by atoms with Crippen LogP contribution < -0.4 is 0 Å². The van der Waals surface area contributed by atoms with Gasteiger partial charge < -0.3 is 0 Å². The molecule has 28 heavy (non-hydrogen) atoms. The number of rotatable bonds is 7. The number of allylic oxidation sites excluding steroid dienone is 2. The standard InChI is InChI=1S/C25H34F2O/c1-3-4-5-6-18-7-9-19(10-8-18)17(2)22-13-11-21(16-25(22)28)20-12-14-23(26)24(27)15-20/h12,14-19,22H,3-11,13H2,1-2H3/t17?,18-,19-,22?. The maximum Gasteiger partial charge on any atom is 0.159 e. The number of benzene rings is 1. The average Bonchev–Trinajstić information content (AvgIpc) is 2.70. The summed E-state index contributed by atoms with van der Waals surface area (Å²) < 4.78 is 26.7. The van der Waals surface area contributed by atoms with Crippen LogP contribution in [0, 0.1) is 35.3 Å². The molecule has 0 bridgehead atoms. The van der Waals surface area contributed by atoms with Gasteiger partial charge in [-0.1, -0.05) is 58.4 Å². The summed E-state index contributed by atoms with van der Waals surface area (Å²) in [4.78, 5) is 12.8. The summed E-state index contributed by atoms with van der Waals surface area (Å²) in [6, 6.07) is 3.92. The Morgan fingerprint density at radius 1 is 1.04 bits per heavy atom. The number of unbranched alkanes of at least 4 members (excludes halogenated alkanes) is 2. The number of halogens is 2. The second-order valence-electron chi connectivity index (χ2n) is 8.98. The first-order valence-electron chi connectivity index (χ1n) is 11.2. The first-order valence-corrected chi connectivity index (χ1v) is 11.2. The van der Waals surface area contributed by atoms with Gasteiger partial charge in [-0.05, 0) is 72.8 Å². The second-order valence-corrected chi connectivity index (χ2v) is 8.98. The van der Waals surface area contributed by atoms with Gasteiger partial charge in [-0.25, -0.2) is 8.78 Å². The maximum atomic E-state index is 13.5. The molecule has 0 spiro atoms. The van der Waals surface area contributed by atoms with Crippen molar-refractivity contribution in [3.63, 3.8) is 0 Å². The van der Waals surface area contributed by atoms with Gasteiger partial charge in [0.2, 0.25) is 0 Å². The summed E-state index contributed by atoms with van der Waals surface area (Å²) in [5.74, 6) is 0.498. The predicted molar refractivity (Wildman–Crippen MR) is 111 cm³/mol. The molecule has 0 aliphatic heterocycles. The molecular formula is C25H34F2O. The molecule has 0 amide bonds. The van der Waals surface area contributed by atoms with Crippen molar-refractivity contribution in [2.24, 2.45) is 23.7 Å². The summed E-state index contributed by atoms with van der Waals surface area (Å²) in [5.41, 5.74) is 1.47. The molecule has 0 N–H and O–H groups in total. The smallest absolute Gasteiger partial charge is 0.159 e. The highest BCUT2D eigenvalue weighted by atomic mass is 19.2. The largest absolute Gasteiger partial charge is 0.295 e. The predicted octanol–water partition coefficient (Wildman–Crippen LogP) is 7.35. The third-order valence-corrected chi connectivity index (χ3v) is 7.18. The van der Waals surface area contributed by atoms with Crippen molar-refractivity contribution in [3.05, 3.63) is 41.5 Å². The Morgan fingerprint density at radius 2 is 1.79 bits per heavy atom. The number of hydrogen-bond acceptors (Lipinski definition) is 1. The molecule has 1 fully saturated rings. The minimum absolute atomic E-state index is 0.0793. The van der Waals surface area contributed by atoms with Gasteiger partial charge in [0.25, 0.3) is 0 Å². The van der Waals surface area contributed by atoms with E-state index in [9.17, 15) is 13.6 Å². The van der Waals surface area contributed by atoms with E-state index in [0.29, 0.717) is 17.4 Å². The summed E-state index contributed by atoms with van der Waals surface area (Å²) >= 11 is 0. The summed E-state index contributed by atoms with van der Waals surface area (Å²) in [6.45, 7) is 4.51. The third kappa shape index (κ3) is 5.10. The Bertz CT molecular complexity index is 700. The number of hydrogen-bond donors (Lipinski definition) is 0. The van der Waals surface area contributed by atoms with E-state index in [2.05, 4.69) is 13.8 Å². The lowest BCUT2D eigenvalue weighted by atomic mass is 9.68. The lowest BCUT2D eigenvalue weighted by Crippen LogP contribution is -2.31. The molecule has 0 radical (unpaired) electrons. The Balaban J connectivity index is 1.56. The van der Waals surface area contributed by atoms with Gasteiger partial charge in [-0.2, -0.15) is 0 Å². The van der Waals surface area contributed by atoms with E-state index in [0.717, 1.165) is 30.4 Å². The molecule has 0 saturated heterocycles. The van der Waals surface area contributed by atoms with E-state index in [1.165, 1.54) is 57.4 Å². The van der Waals surface area contributed by atoms with Gasteiger partial charge in [-0.15, -0.1) is 0 Å². The van der Waals surface area contributed by atoms with Gasteiger partial charge in [0.1, 0.15) is 0 Å². The zero-order valence-corrected chi connectivity index (χ0v) is 17.4. The first kappa shape index (κ1) is 21.2. The van der Waals surface area contributed by atoms with Crippen LogP contribution in [0.5, 0.6) is 0 Å². The quantitative estimate of drug-likeness (QED) is 0.446. The third-order valence-electron chi connectivity index (χ3n) is 7.18. The monoisotopic (exact) mass is 388 g/mol. The molecule has 0 aromatic heterocycles. The highest BCUT2D eigenvalue weighted by Crippen LogP contribution is 2.41. The van der Waals surface area contributed by atoms with Crippen molar-refractivity contribution in [1.82, 2.24) is 0 Å². The SMILES string of the molecule is CCCCC[C@H]1CC[C@H](C(C)C2CCC(c3ccc(F)c(F)c3)=CC2=O)CC1. The molecule has 1 aromatic carbocycles. The molecule has 1 nitrogen and oxygen atoms in total. The van der Waals surface area contributed by atoms with Crippen LogP contribution in [0.25, 0.3) is 5.57 Å². The van der Waals surface area contributed by atoms with Crippen LogP contribution in [0.3, 0.4) is 0 Å². The summed E-state index contributed by atoms with van der Waals surface area (Å²) in [6.07, 6.45) is 13.8. The average molecular weight is 389 g/mol.